The van der Waals surface area contributed by atoms with E-state index in [9.17, 15) is 10.2 Å². The highest BCUT2D eigenvalue weighted by molar-refractivity contribution is 7.98. The van der Waals surface area contributed by atoms with Gasteiger partial charge >= 0.3 is 0 Å². The minimum Gasteiger partial charge on any atom is -0.505 e. The maximum Gasteiger partial charge on any atom is 0.144 e. The Morgan fingerprint density at radius 3 is 1.73 bits per heavy atom. The van der Waals surface area contributed by atoms with Crippen molar-refractivity contribution in [1.29, 1.82) is 0 Å². The van der Waals surface area contributed by atoms with Gasteiger partial charge < -0.3 is 20.0 Å². The standard InChI is InChI=1S/C34H41N3O2S/c1-11-25(6)36(26(7)12-2)31-17-15-16-29(33(31)38)22-35(18-19-40-10)23-30-20-24(5)21-32(34(30)39)37(27(8)13-3)28(9)14-4/h11-17,20-21,38-39H,1-4,6-9,18-19,22-23H2,5,10H3. The highest BCUT2D eigenvalue weighted by Gasteiger charge is 2.22. The van der Waals surface area contributed by atoms with Crippen LogP contribution in [0.2, 0.25) is 0 Å². The van der Waals surface area contributed by atoms with E-state index >= 15 is 0 Å². The molecule has 0 aromatic heterocycles. The smallest absolute Gasteiger partial charge is 0.144 e. The molecule has 0 saturated heterocycles. The fourth-order valence-electron chi connectivity index (χ4n) is 4.28. The second-order valence-electron chi connectivity index (χ2n) is 9.23. The number of nitrogens with zero attached hydrogens (tertiary/aromatic N) is 3. The SMILES string of the molecule is C=CC(=C)N(C(=C)C=C)c1cccc(CN(CCSC)Cc2cc(C)cc(N(C(=C)C=C)C(=C)C=C)c2O)c1O. The van der Waals surface area contributed by atoms with Crippen molar-refractivity contribution < 1.29 is 10.2 Å². The van der Waals surface area contributed by atoms with Gasteiger partial charge in [0.1, 0.15) is 11.5 Å². The maximum absolute atomic E-state index is 11.4. The van der Waals surface area contributed by atoms with Crippen molar-refractivity contribution in [3.63, 3.8) is 0 Å². The summed E-state index contributed by atoms with van der Waals surface area (Å²) >= 11 is 1.73. The van der Waals surface area contributed by atoms with Gasteiger partial charge in [0.05, 0.1) is 11.4 Å². The van der Waals surface area contributed by atoms with Crippen molar-refractivity contribution in [3.05, 3.63) is 147 Å². The van der Waals surface area contributed by atoms with Gasteiger partial charge in [-0.25, -0.2) is 0 Å². The number of rotatable bonds is 17. The van der Waals surface area contributed by atoms with Gasteiger partial charge in [-0.2, -0.15) is 11.8 Å². The van der Waals surface area contributed by atoms with E-state index in [1.165, 1.54) is 0 Å². The molecule has 0 radical (unpaired) electrons. The van der Waals surface area contributed by atoms with Crippen LogP contribution in [0.4, 0.5) is 11.4 Å². The van der Waals surface area contributed by atoms with E-state index < -0.39 is 0 Å². The van der Waals surface area contributed by atoms with Crippen LogP contribution in [-0.2, 0) is 13.1 Å². The molecule has 0 amide bonds. The number of aromatic hydroxyl groups is 2. The van der Waals surface area contributed by atoms with E-state index in [4.69, 9.17) is 0 Å². The molecule has 0 fully saturated rings. The van der Waals surface area contributed by atoms with Crippen molar-refractivity contribution in [2.75, 3.05) is 28.4 Å². The lowest BCUT2D eigenvalue weighted by atomic mass is 10.0. The lowest BCUT2D eigenvalue weighted by Crippen LogP contribution is -2.26. The first-order chi connectivity index (χ1) is 19.0. The minimum absolute atomic E-state index is 0.118. The third kappa shape index (κ3) is 7.50. The summed E-state index contributed by atoms with van der Waals surface area (Å²) in [6.07, 6.45) is 8.49. The summed E-state index contributed by atoms with van der Waals surface area (Å²) in [5.41, 5.74) is 5.83. The highest BCUT2D eigenvalue weighted by Crippen LogP contribution is 2.39. The zero-order valence-electron chi connectivity index (χ0n) is 23.8. The lowest BCUT2D eigenvalue weighted by molar-refractivity contribution is 0.266. The third-order valence-electron chi connectivity index (χ3n) is 6.38. The Bertz CT molecular complexity index is 1300. The van der Waals surface area contributed by atoms with Gasteiger partial charge in [0.25, 0.3) is 0 Å². The monoisotopic (exact) mass is 555 g/mol. The largest absolute Gasteiger partial charge is 0.505 e. The molecule has 210 valence electrons. The van der Waals surface area contributed by atoms with Gasteiger partial charge in [0, 0.05) is 59.3 Å². The number of anilines is 2. The summed E-state index contributed by atoms with van der Waals surface area (Å²) in [6.45, 7) is 35.1. The molecule has 0 aliphatic heterocycles. The van der Waals surface area contributed by atoms with Crippen LogP contribution in [0, 0.1) is 6.92 Å². The van der Waals surface area contributed by atoms with Crippen LogP contribution >= 0.6 is 11.8 Å². The van der Waals surface area contributed by atoms with Crippen LogP contribution in [0.1, 0.15) is 16.7 Å². The molecule has 40 heavy (non-hydrogen) atoms. The van der Waals surface area contributed by atoms with Gasteiger partial charge in [-0.15, -0.1) is 0 Å². The quantitative estimate of drug-likeness (QED) is 0.192. The number of hydrogen-bond acceptors (Lipinski definition) is 6. The van der Waals surface area contributed by atoms with Crippen LogP contribution in [0.5, 0.6) is 11.5 Å². The first kappa shape index (κ1) is 32.1. The Balaban J connectivity index is 2.55. The molecule has 2 aromatic carbocycles. The first-order valence-electron chi connectivity index (χ1n) is 12.7. The summed E-state index contributed by atoms with van der Waals surface area (Å²) in [5.74, 6) is 1.12. The molecule has 2 aromatic rings. The summed E-state index contributed by atoms with van der Waals surface area (Å²) in [6, 6.07) is 9.44. The highest BCUT2D eigenvalue weighted by atomic mass is 32.2. The molecule has 5 nitrogen and oxygen atoms in total. The molecule has 6 heteroatoms. The van der Waals surface area contributed by atoms with E-state index in [1.807, 2.05) is 31.2 Å². The second-order valence-corrected chi connectivity index (χ2v) is 10.2. The van der Waals surface area contributed by atoms with Crippen molar-refractivity contribution in [3.8, 4) is 11.5 Å². The molecular weight excluding hydrogens is 514 g/mol. The molecule has 0 heterocycles. The number of hydrogen-bond donors (Lipinski definition) is 2. The van der Waals surface area contributed by atoms with Crippen LogP contribution in [0.3, 0.4) is 0 Å². The summed E-state index contributed by atoms with van der Waals surface area (Å²) in [4.78, 5) is 5.65. The predicted molar refractivity (Wildman–Crippen MR) is 176 cm³/mol. The fraction of sp³-hybridized carbons (Fsp3) is 0.176. The van der Waals surface area contributed by atoms with E-state index in [0.29, 0.717) is 47.3 Å². The lowest BCUT2D eigenvalue weighted by Gasteiger charge is -2.30. The summed E-state index contributed by atoms with van der Waals surface area (Å²) in [5, 5.41) is 22.8. The molecule has 2 rings (SSSR count). The molecule has 2 N–H and O–H groups in total. The number of thioether (sulfide) groups is 1. The van der Waals surface area contributed by atoms with Gasteiger partial charge in [-0.3, -0.25) is 4.90 Å². The molecule has 0 aliphatic rings. The number of para-hydroxylation sites is 1. The Hall–Kier alpha value is -4.13. The predicted octanol–water partition coefficient (Wildman–Crippen LogP) is 8.18. The van der Waals surface area contributed by atoms with E-state index in [0.717, 1.165) is 29.0 Å². The Morgan fingerprint density at radius 2 is 1.23 bits per heavy atom. The number of phenols is 2. The Labute approximate surface area is 244 Å². The molecule has 0 saturated carbocycles. The minimum atomic E-state index is 0.118. The van der Waals surface area contributed by atoms with Crippen molar-refractivity contribution in [2.24, 2.45) is 0 Å². The second kappa shape index (κ2) is 14.9. The van der Waals surface area contributed by atoms with Gasteiger partial charge in [-0.1, -0.05) is 70.8 Å². The average molecular weight is 556 g/mol. The summed E-state index contributed by atoms with van der Waals surface area (Å²) < 4.78 is 0. The third-order valence-corrected chi connectivity index (χ3v) is 6.97. The van der Waals surface area contributed by atoms with Crippen LogP contribution in [0.15, 0.2) is 130 Å². The molecule has 0 spiro atoms. The summed E-state index contributed by atoms with van der Waals surface area (Å²) in [7, 11) is 0. The van der Waals surface area contributed by atoms with Crippen LogP contribution in [0.25, 0.3) is 0 Å². The normalized spacial score (nSPS) is 10.5. The average Bonchev–Trinajstić information content (AvgIpc) is 2.95. The zero-order chi connectivity index (χ0) is 30.0. The Kier molecular flexibility index (Phi) is 11.9. The first-order valence-corrected chi connectivity index (χ1v) is 14.1. The molecular formula is C34H41N3O2S. The molecule has 0 unspecified atom stereocenters. The number of phenolic OH excluding ortho intramolecular Hbond substituents is 2. The number of aryl methyl sites for hydroxylation is 1. The number of benzene rings is 2. The molecule has 0 aliphatic carbocycles. The van der Waals surface area contributed by atoms with Crippen molar-refractivity contribution in [2.45, 2.75) is 20.0 Å². The van der Waals surface area contributed by atoms with Crippen LogP contribution in [-0.4, -0.2) is 33.7 Å². The maximum atomic E-state index is 11.4. The van der Waals surface area contributed by atoms with Gasteiger partial charge in [-0.05, 0) is 55.2 Å². The molecule has 0 atom stereocenters. The van der Waals surface area contributed by atoms with E-state index in [1.54, 1.807) is 51.9 Å². The molecule has 0 bridgehead atoms. The number of allylic oxidation sites excluding steroid dienone is 4. The van der Waals surface area contributed by atoms with Crippen molar-refractivity contribution >= 4 is 23.1 Å². The van der Waals surface area contributed by atoms with E-state index in [2.05, 4.69) is 63.8 Å². The van der Waals surface area contributed by atoms with Crippen molar-refractivity contribution in [1.82, 2.24) is 4.90 Å². The topological polar surface area (TPSA) is 50.2 Å². The van der Waals surface area contributed by atoms with Crippen LogP contribution < -0.4 is 9.80 Å². The van der Waals surface area contributed by atoms with Gasteiger partial charge in [0.2, 0.25) is 0 Å². The fourth-order valence-corrected chi connectivity index (χ4v) is 4.72. The van der Waals surface area contributed by atoms with Gasteiger partial charge in [0.15, 0.2) is 0 Å². The zero-order valence-corrected chi connectivity index (χ0v) is 24.6. The van der Waals surface area contributed by atoms with E-state index in [-0.39, 0.29) is 11.5 Å². The Morgan fingerprint density at radius 1 is 0.750 bits per heavy atom.